The van der Waals surface area contributed by atoms with Gasteiger partial charge in [0.1, 0.15) is 16.4 Å². The Morgan fingerprint density at radius 3 is 2.43 bits per heavy atom. The fourth-order valence-corrected chi connectivity index (χ4v) is 4.32. The van der Waals surface area contributed by atoms with E-state index < -0.39 is 10.0 Å². The van der Waals surface area contributed by atoms with E-state index in [4.69, 9.17) is 9.47 Å². The number of hydrogen-bond donors (Lipinski definition) is 0. The molecule has 1 saturated carbocycles. The normalized spacial score (nSPS) is 19.7. The lowest BCUT2D eigenvalue weighted by molar-refractivity contribution is -0.134. The topological polar surface area (TPSA) is 76.2 Å². The lowest BCUT2D eigenvalue weighted by atomic mass is 10.3. The summed E-state index contributed by atoms with van der Waals surface area (Å²) < 4.78 is 37.3. The number of nitrogens with zero attached hydrogens (tertiary/aromatic N) is 2. The van der Waals surface area contributed by atoms with Gasteiger partial charge in [-0.05, 0) is 25.0 Å². The Morgan fingerprint density at radius 2 is 1.87 bits per heavy atom. The van der Waals surface area contributed by atoms with Crippen molar-refractivity contribution in [2.45, 2.75) is 23.8 Å². The number of sulfonamides is 1. The van der Waals surface area contributed by atoms with Gasteiger partial charge in [-0.2, -0.15) is 4.31 Å². The molecule has 2 aliphatic rings. The highest BCUT2D eigenvalue weighted by Crippen LogP contribution is 2.33. The summed E-state index contributed by atoms with van der Waals surface area (Å²) in [7, 11) is -0.936. The van der Waals surface area contributed by atoms with Gasteiger partial charge in [0.2, 0.25) is 15.9 Å². The first-order valence-corrected chi connectivity index (χ1v) is 8.93. The molecule has 2 fully saturated rings. The van der Waals surface area contributed by atoms with E-state index in [0.717, 1.165) is 12.8 Å². The largest absolute Gasteiger partial charge is 0.497 e. The van der Waals surface area contributed by atoms with Crippen LogP contribution in [0.4, 0.5) is 0 Å². The Bertz CT molecular complexity index is 715. The van der Waals surface area contributed by atoms with E-state index in [9.17, 15) is 13.2 Å². The molecule has 1 saturated heterocycles. The molecule has 23 heavy (non-hydrogen) atoms. The van der Waals surface area contributed by atoms with E-state index in [1.54, 1.807) is 17.0 Å². The van der Waals surface area contributed by atoms with E-state index >= 15 is 0 Å². The maximum Gasteiger partial charge on any atom is 0.247 e. The molecule has 0 atom stereocenters. The highest BCUT2D eigenvalue weighted by atomic mass is 32.2. The fourth-order valence-electron chi connectivity index (χ4n) is 2.77. The van der Waals surface area contributed by atoms with Crippen LogP contribution in [0.25, 0.3) is 0 Å². The van der Waals surface area contributed by atoms with Crippen LogP contribution < -0.4 is 9.47 Å². The smallest absolute Gasteiger partial charge is 0.247 e. The van der Waals surface area contributed by atoms with E-state index in [2.05, 4.69) is 0 Å². The molecule has 1 aromatic carbocycles. The number of rotatable bonds is 5. The highest BCUT2D eigenvalue weighted by molar-refractivity contribution is 7.89. The number of benzene rings is 1. The minimum absolute atomic E-state index is 0.0204. The van der Waals surface area contributed by atoms with Gasteiger partial charge in [0.25, 0.3) is 0 Å². The van der Waals surface area contributed by atoms with Crippen molar-refractivity contribution in [2.75, 3.05) is 33.9 Å². The molecule has 0 bridgehead atoms. The number of methoxy groups -OCH3 is 2. The quantitative estimate of drug-likeness (QED) is 0.789. The summed E-state index contributed by atoms with van der Waals surface area (Å²) in [5.41, 5.74) is 0. The van der Waals surface area contributed by atoms with Crippen molar-refractivity contribution in [3.05, 3.63) is 18.2 Å². The molecule has 126 valence electrons. The fraction of sp³-hybridized carbons (Fsp3) is 0.533. The zero-order chi connectivity index (χ0) is 16.6. The average Bonchev–Trinajstić information content (AvgIpc) is 3.38. The SMILES string of the molecule is COc1ccc(OC)c(S(=O)(=O)N2CCN(C3CC3)C(=O)C2)c1. The summed E-state index contributed by atoms with van der Waals surface area (Å²) in [5, 5.41) is 0. The van der Waals surface area contributed by atoms with Crippen molar-refractivity contribution in [3.63, 3.8) is 0 Å². The molecule has 1 aromatic rings. The molecule has 7 nitrogen and oxygen atoms in total. The minimum atomic E-state index is -3.82. The lowest BCUT2D eigenvalue weighted by Gasteiger charge is -2.34. The highest BCUT2D eigenvalue weighted by Gasteiger charge is 2.40. The summed E-state index contributed by atoms with van der Waals surface area (Å²) in [4.78, 5) is 14.0. The molecule has 0 N–H and O–H groups in total. The summed E-state index contributed by atoms with van der Waals surface area (Å²) >= 11 is 0. The maximum absolute atomic E-state index is 12.9. The van der Waals surface area contributed by atoms with Crippen LogP contribution in [0.2, 0.25) is 0 Å². The summed E-state index contributed by atoms with van der Waals surface area (Å²) in [6, 6.07) is 4.91. The van der Waals surface area contributed by atoms with E-state index in [0.29, 0.717) is 24.9 Å². The second kappa shape index (κ2) is 6.01. The standard InChI is InChI=1S/C15H20N2O5S/c1-21-12-5-6-13(22-2)14(9-12)23(19,20)16-7-8-17(11-3-4-11)15(18)10-16/h5-6,9,11H,3-4,7-8,10H2,1-2H3. The summed E-state index contributed by atoms with van der Waals surface area (Å²) in [5.74, 6) is 0.527. The molecule has 1 aliphatic heterocycles. The van der Waals surface area contributed by atoms with Gasteiger partial charge >= 0.3 is 0 Å². The first-order chi connectivity index (χ1) is 11.0. The van der Waals surface area contributed by atoms with Gasteiger partial charge in [-0.1, -0.05) is 0 Å². The van der Waals surface area contributed by atoms with E-state index in [1.165, 1.54) is 24.6 Å². The molecular weight excluding hydrogens is 320 g/mol. The molecule has 3 rings (SSSR count). The third kappa shape index (κ3) is 3.00. The number of carbonyl (C=O) groups is 1. The molecule has 0 radical (unpaired) electrons. The molecule has 1 amide bonds. The minimum Gasteiger partial charge on any atom is -0.497 e. The van der Waals surface area contributed by atoms with Crippen LogP contribution in [0.1, 0.15) is 12.8 Å². The van der Waals surface area contributed by atoms with E-state index in [1.807, 2.05) is 0 Å². The van der Waals surface area contributed by atoms with Gasteiger partial charge in [0.05, 0.1) is 20.8 Å². The first kappa shape index (κ1) is 16.1. The van der Waals surface area contributed by atoms with Crippen molar-refractivity contribution >= 4 is 15.9 Å². The number of carbonyl (C=O) groups excluding carboxylic acids is 1. The van der Waals surface area contributed by atoms with Gasteiger partial charge in [0, 0.05) is 25.2 Å². The molecule has 8 heteroatoms. The molecule has 0 aromatic heterocycles. The second-order valence-electron chi connectivity index (χ2n) is 5.67. The molecule has 0 spiro atoms. The van der Waals surface area contributed by atoms with Gasteiger partial charge < -0.3 is 14.4 Å². The lowest BCUT2D eigenvalue weighted by Crippen LogP contribution is -2.52. The molecule has 1 aliphatic carbocycles. The number of hydrogen-bond acceptors (Lipinski definition) is 5. The van der Waals surface area contributed by atoms with Crippen LogP contribution in [0.3, 0.4) is 0 Å². The zero-order valence-electron chi connectivity index (χ0n) is 13.2. The van der Waals surface area contributed by atoms with Crippen LogP contribution in [0.15, 0.2) is 23.1 Å². The van der Waals surface area contributed by atoms with Crippen molar-refractivity contribution in [2.24, 2.45) is 0 Å². The van der Waals surface area contributed by atoms with Crippen molar-refractivity contribution in [3.8, 4) is 11.5 Å². The van der Waals surface area contributed by atoms with Crippen molar-refractivity contribution in [1.29, 1.82) is 0 Å². The van der Waals surface area contributed by atoms with Crippen LogP contribution in [-0.2, 0) is 14.8 Å². The Hall–Kier alpha value is -1.80. The van der Waals surface area contributed by atoms with Crippen LogP contribution in [-0.4, -0.2) is 63.4 Å². The Labute approximate surface area is 135 Å². The second-order valence-corrected chi connectivity index (χ2v) is 7.58. The molecule has 1 heterocycles. The third-order valence-corrected chi connectivity index (χ3v) is 6.06. The third-order valence-electron chi connectivity index (χ3n) is 4.20. The van der Waals surface area contributed by atoms with Crippen LogP contribution in [0.5, 0.6) is 11.5 Å². The van der Waals surface area contributed by atoms with Crippen molar-refractivity contribution in [1.82, 2.24) is 9.21 Å². The Kier molecular flexibility index (Phi) is 4.20. The van der Waals surface area contributed by atoms with Gasteiger partial charge in [-0.15, -0.1) is 0 Å². The first-order valence-electron chi connectivity index (χ1n) is 7.49. The predicted molar refractivity (Wildman–Crippen MR) is 83.0 cm³/mol. The average molecular weight is 340 g/mol. The monoisotopic (exact) mass is 340 g/mol. The Balaban J connectivity index is 1.88. The number of ether oxygens (including phenoxy) is 2. The zero-order valence-corrected chi connectivity index (χ0v) is 14.0. The molecule has 0 unspecified atom stereocenters. The maximum atomic E-state index is 12.9. The summed E-state index contributed by atoms with van der Waals surface area (Å²) in [6.45, 7) is 0.610. The van der Waals surface area contributed by atoms with Crippen molar-refractivity contribution < 1.29 is 22.7 Å². The van der Waals surface area contributed by atoms with E-state index in [-0.39, 0.29) is 23.1 Å². The summed E-state index contributed by atoms with van der Waals surface area (Å²) in [6.07, 6.45) is 2.03. The Morgan fingerprint density at radius 1 is 1.13 bits per heavy atom. The van der Waals surface area contributed by atoms with Gasteiger partial charge in [0.15, 0.2) is 0 Å². The number of piperazine rings is 1. The molecular formula is C15H20N2O5S. The van der Waals surface area contributed by atoms with Crippen LogP contribution in [0, 0.1) is 0 Å². The predicted octanol–water partition coefficient (Wildman–Crippen LogP) is 0.699. The van der Waals surface area contributed by atoms with Crippen LogP contribution >= 0.6 is 0 Å². The van der Waals surface area contributed by atoms with Gasteiger partial charge in [-0.3, -0.25) is 4.79 Å². The number of amides is 1. The van der Waals surface area contributed by atoms with Gasteiger partial charge in [-0.25, -0.2) is 8.42 Å².